The molecule has 0 spiro atoms. The summed E-state index contributed by atoms with van der Waals surface area (Å²) >= 11 is 0. The van der Waals surface area contributed by atoms with Crippen LogP contribution in [0.1, 0.15) is 23.9 Å². The first-order valence-corrected chi connectivity index (χ1v) is 6.97. The van der Waals surface area contributed by atoms with E-state index in [9.17, 15) is 4.79 Å². The van der Waals surface area contributed by atoms with Gasteiger partial charge in [0, 0.05) is 24.7 Å². The number of likely N-dealkylation sites (tertiary alicyclic amines) is 1. The summed E-state index contributed by atoms with van der Waals surface area (Å²) in [6.07, 6.45) is 1.25. The smallest absolute Gasteiger partial charge is 0.292 e. The van der Waals surface area contributed by atoms with Crippen LogP contribution in [-0.4, -0.2) is 29.1 Å². The summed E-state index contributed by atoms with van der Waals surface area (Å²) in [5.74, 6) is 0.991. The number of hydrogen-bond acceptors (Lipinski definition) is 3. The zero-order chi connectivity index (χ0) is 13.7. The quantitative estimate of drug-likeness (QED) is 0.841. The van der Waals surface area contributed by atoms with Crippen LogP contribution in [0, 0.1) is 11.3 Å². The Morgan fingerprint density at radius 3 is 2.90 bits per heavy atom. The molecule has 20 heavy (non-hydrogen) atoms. The Hall–Kier alpha value is -2.10. The topological polar surface area (TPSA) is 46.3 Å². The number of fused-ring (bicyclic) bond motifs is 1. The van der Waals surface area contributed by atoms with E-state index in [1.54, 1.807) is 6.07 Å². The Kier molecular flexibility index (Phi) is 2.31. The minimum Gasteiger partial charge on any atom is -0.350 e. The van der Waals surface area contributed by atoms with Crippen molar-refractivity contribution < 1.29 is 9.32 Å². The molecule has 1 saturated carbocycles. The van der Waals surface area contributed by atoms with Gasteiger partial charge in [0.25, 0.3) is 5.91 Å². The summed E-state index contributed by atoms with van der Waals surface area (Å²) in [7, 11) is 0. The van der Waals surface area contributed by atoms with Gasteiger partial charge in [0.1, 0.15) is 5.69 Å². The van der Waals surface area contributed by atoms with Crippen molar-refractivity contribution >= 4 is 5.91 Å². The van der Waals surface area contributed by atoms with Gasteiger partial charge < -0.3 is 9.42 Å². The SMILES string of the molecule is CC12CC1CN(C(=O)c1cc(-c3ccccc3)no1)C2. The number of nitrogens with zero attached hydrogens (tertiary/aromatic N) is 2. The van der Waals surface area contributed by atoms with Crippen LogP contribution in [0.25, 0.3) is 11.3 Å². The lowest BCUT2D eigenvalue weighted by Crippen LogP contribution is -2.31. The lowest BCUT2D eigenvalue weighted by molar-refractivity contribution is 0.0725. The van der Waals surface area contributed by atoms with Gasteiger partial charge in [-0.3, -0.25) is 4.79 Å². The lowest BCUT2D eigenvalue weighted by atomic mass is 10.1. The van der Waals surface area contributed by atoms with E-state index >= 15 is 0 Å². The molecule has 2 atom stereocenters. The van der Waals surface area contributed by atoms with Crippen LogP contribution in [0.4, 0.5) is 0 Å². The number of amides is 1. The Morgan fingerprint density at radius 2 is 2.20 bits per heavy atom. The maximum absolute atomic E-state index is 12.4. The molecule has 2 aliphatic rings. The number of piperidine rings is 1. The largest absolute Gasteiger partial charge is 0.350 e. The van der Waals surface area contributed by atoms with Gasteiger partial charge in [-0.05, 0) is 17.8 Å². The zero-order valence-electron chi connectivity index (χ0n) is 11.4. The number of benzene rings is 1. The molecule has 0 N–H and O–H groups in total. The Balaban J connectivity index is 1.55. The third-order valence-electron chi connectivity index (χ3n) is 4.61. The Bertz CT molecular complexity index is 664. The predicted octanol–water partition coefficient (Wildman–Crippen LogP) is 2.82. The molecule has 2 unspecified atom stereocenters. The fourth-order valence-corrected chi connectivity index (χ4v) is 3.18. The first-order chi connectivity index (χ1) is 9.66. The number of carbonyl (C=O) groups is 1. The van der Waals surface area contributed by atoms with Gasteiger partial charge in [-0.15, -0.1) is 0 Å². The molecule has 2 aromatic rings. The van der Waals surface area contributed by atoms with Crippen LogP contribution in [0.15, 0.2) is 40.9 Å². The molecule has 4 rings (SSSR count). The van der Waals surface area contributed by atoms with Crippen molar-refractivity contribution in [3.63, 3.8) is 0 Å². The van der Waals surface area contributed by atoms with Crippen LogP contribution in [0.3, 0.4) is 0 Å². The fourth-order valence-electron chi connectivity index (χ4n) is 3.18. The fraction of sp³-hybridized carbons (Fsp3) is 0.375. The standard InChI is InChI=1S/C16H16N2O2/c1-16-8-12(16)9-18(10-16)15(19)14-7-13(17-20-14)11-5-3-2-4-6-11/h2-7,12H,8-10H2,1H3. The second-order valence-electron chi connectivity index (χ2n) is 6.18. The van der Waals surface area contributed by atoms with Crippen molar-refractivity contribution in [2.45, 2.75) is 13.3 Å². The van der Waals surface area contributed by atoms with Crippen LogP contribution in [-0.2, 0) is 0 Å². The molecule has 1 aliphatic carbocycles. The predicted molar refractivity (Wildman–Crippen MR) is 74.1 cm³/mol. The lowest BCUT2D eigenvalue weighted by Gasteiger charge is -2.17. The van der Waals surface area contributed by atoms with Crippen molar-refractivity contribution in [3.8, 4) is 11.3 Å². The molecule has 1 amide bonds. The molecule has 4 nitrogen and oxygen atoms in total. The average molecular weight is 268 g/mol. The van der Waals surface area contributed by atoms with Gasteiger partial charge in [0.15, 0.2) is 0 Å². The van der Waals surface area contributed by atoms with E-state index < -0.39 is 0 Å². The van der Waals surface area contributed by atoms with Gasteiger partial charge in [0.2, 0.25) is 5.76 Å². The number of carbonyl (C=O) groups excluding carboxylic acids is 1. The average Bonchev–Trinajstić information content (AvgIpc) is 2.87. The highest BCUT2D eigenvalue weighted by Gasteiger charge is 2.57. The molecule has 1 aliphatic heterocycles. The summed E-state index contributed by atoms with van der Waals surface area (Å²) in [6, 6.07) is 11.5. The van der Waals surface area contributed by atoms with Crippen molar-refractivity contribution in [1.82, 2.24) is 10.1 Å². The number of hydrogen-bond donors (Lipinski definition) is 0. The molecule has 0 bridgehead atoms. The molecule has 1 aromatic heterocycles. The number of rotatable bonds is 2. The maximum Gasteiger partial charge on any atom is 0.292 e. The van der Waals surface area contributed by atoms with Crippen LogP contribution in [0.2, 0.25) is 0 Å². The van der Waals surface area contributed by atoms with E-state index in [-0.39, 0.29) is 5.91 Å². The molecule has 1 aromatic carbocycles. The van der Waals surface area contributed by atoms with E-state index in [0.717, 1.165) is 18.7 Å². The van der Waals surface area contributed by atoms with Crippen molar-refractivity contribution in [2.75, 3.05) is 13.1 Å². The van der Waals surface area contributed by atoms with Gasteiger partial charge >= 0.3 is 0 Å². The highest BCUT2D eigenvalue weighted by molar-refractivity contribution is 5.92. The Morgan fingerprint density at radius 1 is 1.40 bits per heavy atom. The molecule has 1 saturated heterocycles. The third kappa shape index (κ3) is 1.75. The third-order valence-corrected chi connectivity index (χ3v) is 4.61. The van der Waals surface area contributed by atoms with Crippen LogP contribution >= 0.6 is 0 Å². The molecular weight excluding hydrogens is 252 g/mol. The monoisotopic (exact) mass is 268 g/mol. The summed E-state index contributed by atoms with van der Waals surface area (Å²) < 4.78 is 5.24. The van der Waals surface area contributed by atoms with Gasteiger partial charge in [-0.1, -0.05) is 42.4 Å². The first-order valence-electron chi connectivity index (χ1n) is 6.97. The Labute approximate surface area is 117 Å². The van der Waals surface area contributed by atoms with Crippen molar-refractivity contribution in [3.05, 3.63) is 42.2 Å². The zero-order valence-corrected chi connectivity index (χ0v) is 11.4. The van der Waals surface area contributed by atoms with E-state index in [1.165, 1.54) is 6.42 Å². The van der Waals surface area contributed by atoms with E-state index in [0.29, 0.717) is 22.8 Å². The van der Waals surface area contributed by atoms with Crippen molar-refractivity contribution in [1.29, 1.82) is 0 Å². The second-order valence-corrected chi connectivity index (χ2v) is 6.18. The molecule has 102 valence electrons. The van der Waals surface area contributed by atoms with E-state index in [2.05, 4.69) is 12.1 Å². The maximum atomic E-state index is 12.4. The second kappa shape index (κ2) is 3.95. The van der Waals surface area contributed by atoms with Crippen LogP contribution in [0.5, 0.6) is 0 Å². The minimum absolute atomic E-state index is 0.0342. The summed E-state index contributed by atoms with van der Waals surface area (Å²) in [5, 5.41) is 4.00. The van der Waals surface area contributed by atoms with Crippen molar-refractivity contribution in [2.24, 2.45) is 11.3 Å². The first kappa shape index (κ1) is 11.7. The molecule has 2 heterocycles. The van der Waals surface area contributed by atoms with Crippen LogP contribution < -0.4 is 0 Å². The normalized spacial score (nSPS) is 27.4. The highest BCUT2D eigenvalue weighted by atomic mass is 16.5. The summed E-state index contributed by atoms with van der Waals surface area (Å²) in [5.41, 5.74) is 2.04. The minimum atomic E-state index is -0.0342. The highest BCUT2D eigenvalue weighted by Crippen LogP contribution is 2.57. The number of aromatic nitrogens is 1. The van der Waals surface area contributed by atoms with E-state index in [4.69, 9.17) is 4.52 Å². The molecular formula is C16H16N2O2. The van der Waals surface area contributed by atoms with E-state index in [1.807, 2.05) is 35.2 Å². The molecule has 4 heteroatoms. The van der Waals surface area contributed by atoms with Gasteiger partial charge in [0.05, 0.1) is 0 Å². The van der Waals surface area contributed by atoms with Gasteiger partial charge in [-0.25, -0.2) is 0 Å². The summed E-state index contributed by atoms with van der Waals surface area (Å²) in [4.78, 5) is 14.3. The molecule has 0 radical (unpaired) electrons. The van der Waals surface area contributed by atoms with Gasteiger partial charge in [-0.2, -0.15) is 0 Å². The molecule has 2 fully saturated rings. The summed E-state index contributed by atoms with van der Waals surface area (Å²) in [6.45, 7) is 3.95.